The number of nitrogen functional groups attached to an aromatic ring is 1. The van der Waals surface area contributed by atoms with Gasteiger partial charge in [-0.05, 0) is 32.4 Å². The Kier molecular flexibility index (Phi) is 9.76. The minimum atomic E-state index is -5.20. The van der Waals surface area contributed by atoms with Crippen molar-refractivity contribution in [1.82, 2.24) is 15.3 Å². The molecule has 4 unspecified atom stereocenters. The van der Waals surface area contributed by atoms with E-state index in [4.69, 9.17) is 41.8 Å². The SMILES string of the molecule is CN(c1ncnc(N)c1N=S)[C@@H]1O[C@H](/C=C/CNC(=O)c2cc(C(=O)C(F)(F)F)cc3c2OC(c2ccccc2)(C2C=CC=CC2)O3)C2OC(C)(C)OC21. The number of Topliss-reactive ketones (excluding diaryl/α,β-unsaturated/α-hetero) is 1. The number of alkyl halides is 3. The molecule has 6 atom stereocenters. The second-order valence-electron chi connectivity index (χ2n) is 13.4. The third-order valence-electron chi connectivity index (χ3n) is 9.39. The number of nitrogens with one attached hydrogen (secondary N) is 1. The van der Waals surface area contributed by atoms with Crippen molar-refractivity contribution in [1.29, 1.82) is 0 Å². The lowest BCUT2D eigenvalue weighted by atomic mass is 9.86. The molecule has 4 heterocycles. The van der Waals surface area contributed by atoms with Crippen LogP contribution in [0.5, 0.6) is 11.5 Å². The van der Waals surface area contributed by atoms with Crippen LogP contribution in [-0.2, 0) is 32.4 Å². The predicted octanol–water partition coefficient (Wildman–Crippen LogP) is 5.59. The fourth-order valence-electron chi connectivity index (χ4n) is 6.97. The molecule has 0 spiro atoms. The summed E-state index contributed by atoms with van der Waals surface area (Å²) in [6, 6.07) is 10.7. The van der Waals surface area contributed by atoms with Crippen LogP contribution in [0.25, 0.3) is 0 Å². The smallest absolute Gasteiger partial charge is 0.444 e. The minimum absolute atomic E-state index is 0.0880. The number of ether oxygens (including phenoxy) is 5. The maximum absolute atomic E-state index is 13.8. The zero-order valence-corrected chi connectivity index (χ0v) is 30.0. The number of nitrogens with zero attached hydrogens (tertiary/aromatic N) is 4. The third kappa shape index (κ3) is 6.83. The second kappa shape index (κ2) is 14.2. The standard InChI is InChI=1S/C37H35F3N6O7S/c1-35(2)51-28-24(49-34(29(28)52-35)46(3)32-26(45-54)31(41)43-19-44-32)15-10-16-42-33(48)23-17-20(30(47)37(38,39)40)18-25-27(23)53-36(50-25,21-11-6-4-7-12-21)22-13-8-5-9-14-22/h4-13,15,17-19,22,24,28-29,34H,14,16H2,1-3H3,(H,42,48)(H2,41,43,44)/b15-10+/t22?,24-,28?,29?,34-,36?/m1/s1. The number of carbonyl (C=O) groups excluding carboxylic acids is 2. The van der Waals surface area contributed by atoms with Crippen molar-refractivity contribution < 1.29 is 46.4 Å². The highest BCUT2D eigenvalue weighted by atomic mass is 32.1. The molecule has 3 N–H and O–H groups in total. The monoisotopic (exact) mass is 764 g/mol. The van der Waals surface area contributed by atoms with Crippen molar-refractivity contribution in [3.8, 4) is 11.5 Å². The van der Waals surface area contributed by atoms with E-state index in [1.165, 1.54) is 6.33 Å². The zero-order valence-electron chi connectivity index (χ0n) is 29.1. The van der Waals surface area contributed by atoms with Gasteiger partial charge in [-0.15, -0.1) is 0 Å². The van der Waals surface area contributed by atoms with E-state index < -0.39 is 65.5 Å². The van der Waals surface area contributed by atoms with Crippen molar-refractivity contribution >= 4 is 41.4 Å². The number of amides is 1. The van der Waals surface area contributed by atoms with Crippen molar-refractivity contribution in [2.24, 2.45) is 10.3 Å². The molecule has 3 aromatic rings. The van der Waals surface area contributed by atoms with Crippen molar-refractivity contribution in [3.63, 3.8) is 0 Å². The lowest BCUT2D eigenvalue weighted by Gasteiger charge is -2.34. The molecule has 4 aliphatic rings. The number of benzene rings is 2. The maximum atomic E-state index is 13.8. The highest BCUT2D eigenvalue weighted by Crippen LogP contribution is 2.52. The largest absolute Gasteiger partial charge is 0.454 e. The van der Waals surface area contributed by atoms with Gasteiger partial charge < -0.3 is 39.6 Å². The van der Waals surface area contributed by atoms with E-state index in [0.717, 1.165) is 12.1 Å². The molecule has 1 amide bonds. The molecule has 0 saturated carbocycles. The average Bonchev–Trinajstić information content (AvgIpc) is 3.81. The molecule has 3 aliphatic heterocycles. The number of carbonyl (C=O) groups is 2. The Morgan fingerprint density at radius 1 is 1.11 bits per heavy atom. The fraction of sp³-hybridized carbons (Fsp3) is 0.351. The van der Waals surface area contributed by atoms with Crippen LogP contribution in [0.15, 0.2) is 89.6 Å². The van der Waals surface area contributed by atoms with Gasteiger partial charge in [0, 0.05) is 37.1 Å². The molecule has 2 saturated heterocycles. The summed E-state index contributed by atoms with van der Waals surface area (Å²) in [7, 11) is 1.71. The number of fused-ring (bicyclic) bond motifs is 2. The summed E-state index contributed by atoms with van der Waals surface area (Å²) in [5.41, 5.74) is 5.67. The molecule has 17 heteroatoms. The van der Waals surface area contributed by atoms with E-state index in [0.29, 0.717) is 17.8 Å². The van der Waals surface area contributed by atoms with E-state index in [1.807, 2.05) is 24.3 Å². The Bertz CT molecular complexity index is 2060. The molecule has 0 radical (unpaired) electrons. The number of rotatable bonds is 10. The van der Waals surface area contributed by atoms with Gasteiger partial charge in [0.15, 0.2) is 40.8 Å². The van der Waals surface area contributed by atoms with Crippen molar-refractivity contribution in [2.45, 2.75) is 62.6 Å². The third-order valence-corrected chi connectivity index (χ3v) is 9.57. The number of ketones is 1. The van der Waals surface area contributed by atoms with Gasteiger partial charge in [0.2, 0.25) is 0 Å². The Labute approximate surface area is 313 Å². The Hall–Kier alpha value is -5.23. The summed E-state index contributed by atoms with van der Waals surface area (Å²) in [6.45, 7) is 3.45. The first kappa shape index (κ1) is 37.1. The molecule has 1 aromatic heterocycles. The van der Waals surface area contributed by atoms with Gasteiger partial charge >= 0.3 is 6.18 Å². The van der Waals surface area contributed by atoms with Gasteiger partial charge in [0.05, 0.1) is 11.5 Å². The summed E-state index contributed by atoms with van der Waals surface area (Å²) in [4.78, 5) is 36.2. The Morgan fingerprint density at radius 2 is 1.87 bits per heavy atom. The molecule has 282 valence electrons. The molecule has 13 nitrogen and oxygen atoms in total. The van der Waals surface area contributed by atoms with Crippen LogP contribution in [-0.4, -0.2) is 71.8 Å². The van der Waals surface area contributed by atoms with Crippen LogP contribution in [0.2, 0.25) is 0 Å². The first-order valence-electron chi connectivity index (χ1n) is 16.9. The molecule has 2 aromatic carbocycles. The van der Waals surface area contributed by atoms with Crippen LogP contribution >= 0.6 is 0 Å². The number of anilines is 2. The first-order chi connectivity index (χ1) is 25.7. The number of nitrogens with two attached hydrogens (primary N) is 1. The van der Waals surface area contributed by atoms with Gasteiger partial charge in [-0.3, -0.25) is 9.59 Å². The molecular formula is C37H35F3N6O7S. The predicted molar refractivity (Wildman–Crippen MR) is 191 cm³/mol. The Balaban J connectivity index is 1.14. The topological polar surface area (TPSA) is 160 Å². The number of hydrogen-bond acceptors (Lipinski definition) is 13. The summed E-state index contributed by atoms with van der Waals surface area (Å²) in [6.07, 6.45) is 4.73. The van der Waals surface area contributed by atoms with Gasteiger partial charge in [-0.1, -0.05) is 66.8 Å². The maximum Gasteiger partial charge on any atom is 0.454 e. The van der Waals surface area contributed by atoms with Gasteiger partial charge in [-0.2, -0.15) is 17.5 Å². The van der Waals surface area contributed by atoms with Gasteiger partial charge in [0.25, 0.3) is 17.5 Å². The van der Waals surface area contributed by atoms with Crippen LogP contribution in [0.3, 0.4) is 0 Å². The molecular weight excluding hydrogens is 730 g/mol. The average molecular weight is 765 g/mol. The number of halogens is 3. The molecule has 54 heavy (non-hydrogen) atoms. The minimum Gasteiger partial charge on any atom is -0.444 e. The van der Waals surface area contributed by atoms with Crippen molar-refractivity contribution in [2.75, 3.05) is 24.2 Å². The highest BCUT2D eigenvalue weighted by Gasteiger charge is 2.56. The van der Waals surface area contributed by atoms with E-state index in [2.05, 4.69) is 19.6 Å². The number of likely N-dealkylation sites (N-methyl/N-ethyl adjacent to an activating group) is 1. The van der Waals surface area contributed by atoms with Gasteiger partial charge in [0.1, 0.15) is 24.6 Å². The molecule has 0 bridgehead atoms. The molecule has 2 fully saturated rings. The van der Waals surface area contributed by atoms with E-state index in [1.54, 1.807) is 68.3 Å². The van der Waals surface area contributed by atoms with E-state index >= 15 is 0 Å². The molecule has 1 aliphatic carbocycles. The highest BCUT2D eigenvalue weighted by molar-refractivity contribution is 7.47. The Morgan fingerprint density at radius 3 is 2.57 bits per heavy atom. The summed E-state index contributed by atoms with van der Waals surface area (Å²) < 4.78 is 76.4. The zero-order chi connectivity index (χ0) is 38.4. The first-order valence-corrected chi connectivity index (χ1v) is 17.3. The normalized spacial score (nSPS) is 26.5. The number of aromatic nitrogens is 2. The van der Waals surface area contributed by atoms with Crippen molar-refractivity contribution in [3.05, 3.63) is 102 Å². The molecule has 7 rings (SSSR count). The van der Waals surface area contributed by atoms with Crippen LogP contribution in [0.4, 0.5) is 30.5 Å². The second-order valence-corrected chi connectivity index (χ2v) is 13.6. The summed E-state index contributed by atoms with van der Waals surface area (Å²) in [5, 5.41) is 2.69. The lowest BCUT2D eigenvalue weighted by Crippen LogP contribution is -2.43. The number of allylic oxidation sites excluding steroid dienone is 3. The summed E-state index contributed by atoms with van der Waals surface area (Å²) >= 11 is 4.90. The van der Waals surface area contributed by atoms with Gasteiger partial charge in [-0.25, -0.2) is 9.97 Å². The van der Waals surface area contributed by atoms with E-state index in [9.17, 15) is 22.8 Å². The lowest BCUT2D eigenvalue weighted by molar-refractivity contribution is -0.181. The van der Waals surface area contributed by atoms with Crippen LogP contribution in [0.1, 0.15) is 46.5 Å². The quantitative estimate of drug-likeness (QED) is 0.195. The summed E-state index contributed by atoms with van der Waals surface area (Å²) in [5.74, 6) is -5.69. The fourth-order valence-corrected chi connectivity index (χ4v) is 7.15. The number of hydrogen-bond donors (Lipinski definition) is 2. The van der Waals surface area contributed by atoms with E-state index in [-0.39, 0.29) is 35.1 Å². The van der Waals surface area contributed by atoms with Crippen LogP contribution in [0, 0.1) is 5.92 Å². The van der Waals surface area contributed by atoms with Crippen LogP contribution < -0.4 is 25.4 Å².